The van der Waals surface area contributed by atoms with Crippen LogP contribution in [0.2, 0.25) is 0 Å². The summed E-state index contributed by atoms with van der Waals surface area (Å²) in [6.07, 6.45) is 4.14. The van der Waals surface area contributed by atoms with Crippen molar-refractivity contribution in [2.24, 2.45) is 0 Å². The quantitative estimate of drug-likeness (QED) is 0.806. The molecule has 0 amide bonds. The van der Waals surface area contributed by atoms with E-state index in [0.717, 1.165) is 18.7 Å². The maximum Gasteiger partial charge on any atom is 0.252 e. The van der Waals surface area contributed by atoms with Crippen LogP contribution in [0.25, 0.3) is 0 Å². The molecule has 0 aliphatic heterocycles. The highest BCUT2D eigenvalue weighted by Gasteiger charge is 2.26. The van der Waals surface area contributed by atoms with E-state index < -0.39 is 0 Å². The lowest BCUT2D eigenvalue weighted by atomic mass is 10.3. The van der Waals surface area contributed by atoms with Crippen molar-refractivity contribution < 1.29 is 4.52 Å². The van der Waals surface area contributed by atoms with Crippen molar-refractivity contribution in [2.45, 2.75) is 25.2 Å². The summed E-state index contributed by atoms with van der Waals surface area (Å²) in [6, 6.07) is 1.46. The van der Waals surface area contributed by atoms with Crippen LogP contribution in [-0.2, 0) is 6.42 Å². The molecule has 1 saturated carbocycles. The van der Waals surface area contributed by atoms with Crippen LogP contribution in [0.3, 0.4) is 0 Å². The minimum atomic E-state index is -0.117. The number of aromatic nitrogens is 4. The average molecular weight is 247 g/mol. The first-order chi connectivity index (χ1) is 8.81. The summed E-state index contributed by atoms with van der Waals surface area (Å²) in [7, 11) is 0. The zero-order valence-corrected chi connectivity index (χ0v) is 9.72. The van der Waals surface area contributed by atoms with Gasteiger partial charge in [-0.25, -0.2) is 4.98 Å². The van der Waals surface area contributed by atoms with Crippen molar-refractivity contribution >= 4 is 5.82 Å². The van der Waals surface area contributed by atoms with E-state index >= 15 is 0 Å². The highest BCUT2D eigenvalue weighted by Crippen LogP contribution is 2.37. The molecule has 2 aromatic heterocycles. The fourth-order valence-electron chi connectivity index (χ4n) is 1.72. The van der Waals surface area contributed by atoms with Gasteiger partial charge in [-0.3, -0.25) is 4.79 Å². The van der Waals surface area contributed by atoms with Crippen LogP contribution in [0.15, 0.2) is 21.8 Å². The molecular formula is C11H13N5O2. The Morgan fingerprint density at radius 1 is 1.50 bits per heavy atom. The van der Waals surface area contributed by atoms with Gasteiger partial charge in [0.25, 0.3) is 5.56 Å². The van der Waals surface area contributed by atoms with E-state index in [4.69, 9.17) is 0 Å². The summed E-state index contributed by atoms with van der Waals surface area (Å²) in [5.41, 5.74) is -0.117. The SMILES string of the molecule is O=c1cc(NCCc2ncon2)nc(C2CC2)[nH]1. The molecule has 1 fully saturated rings. The van der Waals surface area contributed by atoms with Crippen LogP contribution in [0.4, 0.5) is 5.82 Å². The van der Waals surface area contributed by atoms with Gasteiger partial charge in [-0.1, -0.05) is 5.16 Å². The Hall–Kier alpha value is -2.18. The molecule has 2 aromatic rings. The smallest absolute Gasteiger partial charge is 0.252 e. The lowest BCUT2D eigenvalue weighted by Gasteiger charge is -2.05. The summed E-state index contributed by atoms with van der Waals surface area (Å²) < 4.78 is 4.64. The molecule has 0 bridgehead atoms. The van der Waals surface area contributed by atoms with Crippen molar-refractivity contribution in [3.63, 3.8) is 0 Å². The maximum atomic E-state index is 11.5. The molecule has 3 rings (SSSR count). The van der Waals surface area contributed by atoms with Crippen molar-refractivity contribution in [3.8, 4) is 0 Å². The third-order valence-corrected chi connectivity index (χ3v) is 2.79. The number of aromatic amines is 1. The van der Waals surface area contributed by atoms with Crippen LogP contribution in [0, 0.1) is 0 Å². The Morgan fingerprint density at radius 2 is 2.39 bits per heavy atom. The molecule has 0 aromatic carbocycles. The first-order valence-electron chi connectivity index (χ1n) is 5.91. The van der Waals surface area contributed by atoms with Crippen LogP contribution in [-0.4, -0.2) is 26.7 Å². The Labute approximate surface area is 103 Å². The zero-order chi connectivity index (χ0) is 12.4. The van der Waals surface area contributed by atoms with Gasteiger partial charge in [-0.2, -0.15) is 4.98 Å². The first-order valence-corrected chi connectivity index (χ1v) is 5.91. The molecule has 0 atom stereocenters. The van der Waals surface area contributed by atoms with Gasteiger partial charge in [0.1, 0.15) is 11.6 Å². The highest BCUT2D eigenvalue weighted by atomic mass is 16.5. The van der Waals surface area contributed by atoms with Gasteiger partial charge < -0.3 is 14.8 Å². The lowest BCUT2D eigenvalue weighted by Crippen LogP contribution is -2.15. The van der Waals surface area contributed by atoms with E-state index in [2.05, 4.69) is 29.9 Å². The molecule has 0 saturated heterocycles. The van der Waals surface area contributed by atoms with Gasteiger partial charge >= 0.3 is 0 Å². The zero-order valence-electron chi connectivity index (χ0n) is 9.72. The van der Waals surface area contributed by atoms with E-state index in [-0.39, 0.29) is 5.56 Å². The Bertz CT molecular complexity index is 573. The van der Waals surface area contributed by atoms with Gasteiger partial charge in [0.2, 0.25) is 6.39 Å². The fraction of sp³-hybridized carbons (Fsp3) is 0.455. The summed E-state index contributed by atoms with van der Waals surface area (Å²) in [4.78, 5) is 22.5. The normalized spacial score (nSPS) is 14.7. The molecule has 1 aliphatic rings. The van der Waals surface area contributed by atoms with Gasteiger partial charge in [0.05, 0.1) is 0 Å². The van der Waals surface area contributed by atoms with Gasteiger partial charge in [0.15, 0.2) is 5.82 Å². The number of rotatable bonds is 5. The molecule has 0 unspecified atom stereocenters. The molecule has 0 spiro atoms. The van der Waals surface area contributed by atoms with Crippen LogP contribution in [0.5, 0.6) is 0 Å². The Morgan fingerprint density at radius 3 is 3.11 bits per heavy atom. The second-order valence-electron chi connectivity index (χ2n) is 4.31. The second-order valence-corrected chi connectivity index (χ2v) is 4.31. The Balaban J connectivity index is 1.63. The predicted octanol–water partition coefficient (Wildman–Crippen LogP) is 0.685. The number of nitrogens with zero attached hydrogens (tertiary/aromatic N) is 3. The van der Waals surface area contributed by atoms with Crippen molar-refractivity contribution in [2.75, 3.05) is 11.9 Å². The average Bonchev–Trinajstić information content (AvgIpc) is 3.08. The van der Waals surface area contributed by atoms with E-state index in [0.29, 0.717) is 30.5 Å². The van der Waals surface area contributed by atoms with E-state index in [1.807, 2.05) is 0 Å². The minimum absolute atomic E-state index is 0.117. The first kappa shape index (κ1) is 10.9. The van der Waals surface area contributed by atoms with Crippen molar-refractivity contribution in [3.05, 3.63) is 34.5 Å². The van der Waals surface area contributed by atoms with Crippen LogP contribution < -0.4 is 10.9 Å². The van der Waals surface area contributed by atoms with Crippen molar-refractivity contribution in [1.29, 1.82) is 0 Å². The molecule has 1 aliphatic carbocycles. The summed E-state index contributed by atoms with van der Waals surface area (Å²) >= 11 is 0. The number of hydrogen-bond acceptors (Lipinski definition) is 6. The minimum Gasteiger partial charge on any atom is -0.369 e. The summed E-state index contributed by atoms with van der Waals surface area (Å²) in [6.45, 7) is 0.611. The third-order valence-electron chi connectivity index (χ3n) is 2.79. The number of nitrogens with one attached hydrogen (secondary N) is 2. The van der Waals surface area contributed by atoms with Crippen LogP contribution >= 0.6 is 0 Å². The molecule has 7 heteroatoms. The number of hydrogen-bond donors (Lipinski definition) is 2. The largest absolute Gasteiger partial charge is 0.369 e. The molecule has 94 valence electrons. The van der Waals surface area contributed by atoms with Gasteiger partial charge in [-0.15, -0.1) is 0 Å². The monoisotopic (exact) mass is 247 g/mol. The molecule has 2 N–H and O–H groups in total. The molecule has 18 heavy (non-hydrogen) atoms. The van der Waals surface area contributed by atoms with E-state index in [9.17, 15) is 4.79 Å². The summed E-state index contributed by atoms with van der Waals surface area (Å²) in [5.74, 6) is 2.44. The topological polar surface area (TPSA) is 96.7 Å². The highest BCUT2D eigenvalue weighted by molar-refractivity contribution is 5.33. The summed E-state index contributed by atoms with van der Waals surface area (Å²) in [5, 5.41) is 6.80. The number of anilines is 1. The standard InChI is InChI=1S/C11H13N5O2/c17-10-5-9(14-11(15-10)7-1-2-7)12-4-3-8-13-6-18-16-8/h5-7H,1-4H2,(H2,12,14,15,17). The lowest BCUT2D eigenvalue weighted by molar-refractivity contribution is 0.410. The van der Waals surface area contributed by atoms with Crippen LogP contribution in [0.1, 0.15) is 30.4 Å². The van der Waals surface area contributed by atoms with Crippen molar-refractivity contribution in [1.82, 2.24) is 20.1 Å². The Kier molecular flexibility index (Phi) is 2.79. The number of H-pyrrole nitrogens is 1. The predicted molar refractivity (Wildman–Crippen MR) is 63.3 cm³/mol. The van der Waals surface area contributed by atoms with E-state index in [1.54, 1.807) is 0 Å². The molecular weight excluding hydrogens is 234 g/mol. The second kappa shape index (κ2) is 4.59. The fourth-order valence-corrected chi connectivity index (χ4v) is 1.72. The molecule has 0 radical (unpaired) electrons. The van der Waals surface area contributed by atoms with E-state index in [1.165, 1.54) is 12.5 Å². The molecule has 7 nitrogen and oxygen atoms in total. The van der Waals surface area contributed by atoms with Gasteiger partial charge in [0, 0.05) is 24.9 Å². The van der Waals surface area contributed by atoms with Gasteiger partial charge in [-0.05, 0) is 12.8 Å². The maximum absolute atomic E-state index is 11.5. The molecule has 2 heterocycles. The third kappa shape index (κ3) is 2.55.